The molecule has 0 radical (unpaired) electrons. The highest BCUT2D eigenvalue weighted by molar-refractivity contribution is 9.10. The summed E-state index contributed by atoms with van der Waals surface area (Å²) in [6, 6.07) is 22.3. The number of anilines is 2. The van der Waals surface area contributed by atoms with Crippen LogP contribution in [0.4, 0.5) is 11.5 Å². The molecule has 5 rings (SSSR count). The van der Waals surface area contributed by atoms with Gasteiger partial charge in [0.2, 0.25) is 5.91 Å². The van der Waals surface area contributed by atoms with Crippen LogP contribution < -0.4 is 10.6 Å². The van der Waals surface area contributed by atoms with Gasteiger partial charge in [-0.1, -0.05) is 71.2 Å². The highest BCUT2D eigenvalue weighted by Crippen LogP contribution is 2.30. The Morgan fingerprint density at radius 2 is 1.65 bits per heavy atom. The molecule has 5 aromatic rings. The third kappa shape index (κ3) is 5.91. The van der Waals surface area contributed by atoms with E-state index in [9.17, 15) is 4.79 Å². The molecule has 0 spiro atoms. The molecule has 0 atom stereocenters. The van der Waals surface area contributed by atoms with E-state index in [1.54, 1.807) is 28.9 Å². The average molecular weight is 616 g/mol. The van der Waals surface area contributed by atoms with Gasteiger partial charge in [0.25, 0.3) is 0 Å². The van der Waals surface area contributed by atoms with Gasteiger partial charge >= 0.3 is 0 Å². The molecule has 0 saturated heterocycles. The van der Waals surface area contributed by atoms with E-state index in [0.29, 0.717) is 32.9 Å². The Bertz CT molecular complexity index is 1600. The normalized spacial score (nSPS) is 11.0. The summed E-state index contributed by atoms with van der Waals surface area (Å²) in [5, 5.41) is 12.3. The summed E-state index contributed by atoms with van der Waals surface area (Å²) in [7, 11) is 0. The van der Waals surface area contributed by atoms with E-state index in [0.717, 1.165) is 32.7 Å². The maximum Gasteiger partial charge on any atom is 0.228 e. The van der Waals surface area contributed by atoms with Crippen LogP contribution in [-0.2, 0) is 17.8 Å². The number of rotatable bonds is 7. The SMILES string of the molecule is O=C(Cc1ccc(Cl)c(Cl)c1)Nc1ccc(CNc2cc(-c3ccccc3Cl)nc3c(Br)cnn23)cc1. The number of amides is 1. The van der Waals surface area contributed by atoms with Crippen LogP contribution in [0.3, 0.4) is 0 Å². The molecule has 0 fully saturated rings. The van der Waals surface area contributed by atoms with Crippen molar-refractivity contribution in [2.75, 3.05) is 10.6 Å². The Morgan fingerprint density at radius 1 is 0.892 bits per heavy atom. The Balaban J connectivity index is 1.28. The molecule has 0 unspecified atom stereocenters. The van der Waals surface area contributed by atoms with Crippen LogP contribution in [0, 0.1) is 0 Å². The van der Waals surface area contributed by atoms with E-state index in [1.165, 1.54) is 0 Å². The third-order valence-electron chi connectivity index (χ3n) is 5.64. The number of nitrogens with one attached hydrogen (secondary N) is 2. The van der Waals surface area contributed by atoms with E-state index in [-0.39, 0.29) is 12.3 Å². The summed E-state index contributed by atoms with van der Waals surface area (Å²) in [5.41, 5.74) is 4.78. The minimum absolute atomic E-state index is 0.139. The predicted octanol–water partition coefficient (Wildman–Crippen LogP) is 7.91. The van der Waals surface area contributed by atoms with Gasteiger partial charge < -0.3 is 10.6 Å². The molecule has 0 aliphatic carbocycles. The standard InChI is InChI=1S/C27H19BrCl3N5O/c28-20-15-33-36-25(13-24(35-27(20)36)19-3-1-2-4-21(19)29)32-14-16-5-8-18(9-6-16)34-26(37)12-17-7-10-22(30)23(31)11-17/h1-11,13,15,32H,12,14H2,(H,34,37). The number of carbonyl (C=O) groups excluding carboxylic acids is 1. The largest absolute Gasteiger partial charge is 0.366 e. The first kappa shape index (κ1) is 25.5. The molecule has 0 aliphatic heterocycles. The molecular weight excluding hydrogens is 597 g/mol. The second-order valence-corrected chi connectivity index (χ2v) is 10.3. The number of carbonyl (C=O) groups is 1. The van der Waals surface area contributed by atoms with Crippen molar-refractivity contribution in [3.05, 3.63) is 110 Å². The molecule has 2 aromatic heterocycles. The zero-order valence-electron chi connectivity index (χ0n) is 19.2. The summed E-state index contributed by atoms with van der Waals surface area (Å²) in [5.74, 6) is 0.629. The van der Waals surface area contributed by atoms with Gasteiger partial charge in [0.05, 0.1) is 32.8 Å². The third-order valence-corrected chi connectivity index (χ3v) is 7.27. The first-order valence-electron chi connectivity index (χ1n) is 11.2. The van der Waals surface area contributed by atoms with Crippen molar-refractivity contribution < 1.29 is 4.79 Å². The van der Waals surface area contributed by atoms with Gasteiger partial charge in [-0.15, -0.1) is 0 Å². The second-order valence-electron chi connectivity index (χ2n) is 8.26. The van der Waals surface area contributed by atoms with E-state index < -0.39 is 0 Å². The zero-order valence-corrected chi connectivity index (χ0v) is 23.0. The molecule has 37 heavy (non-hydrogen) atoms. The van der Waals surface area contributed by atoms with Gasteiger partial charge in [-0.25, -0.2) is 4.98 Å². The first-order chi connectivity index (χ1) is 17.9. The summed E-state index contributed by atoms with van der Waals surface area (Å²) in [6.07, 6.45) is 1.91. The molecular formula is C27H19BrCl3N5O. The molecule has 2 heterocycles. The van der Waals surface area contributed by atoms with Crippen molar-refractivity contribution in [2.24, 2.45) is 0 Å². The van der Waals surface area contributed by atoms with Crippen molar-refractivity contribution in [2.45, 2.75) is 13.0 Å². The fraction of sp³-hybridized carbons (Fsp3) is 0.0741. The van der Waals surface area contributed by atoms with Crippen LogP contribution in [0.1, 0.15) is 11.1 Å². The predicted molar refractivity (Wildman–Crippen MR) is 154 cm³/mol. The number of aromatic nitrogens is 3. The number of benzene rings is 3. The van der Waals surface area contributed by atoms with Crippen LogP contribution in [0.15, 0.2) is 83.5 Å². The van der Waals surface area contributed by atoms with E-state index >= 15 is 0 Å². The fourth-order valence-corrected chi connectivity index (χ4v) is 4.71. The van der Waals surface area contributed by atoms with Gasteiger partial charge in [0, 0.05) is 28.9 Å². The van der Waals surface area contributed by atoms with Crippen molar-refractivity contribution in [3.8, 4) is 11.3 Å². The summed E-state index contributed by atoms with van der Waals surface area (Å²) < 4.78 is 2.52. The Hall–Kier alpha value is -3.10. The molecule has 0 aliphatic rings. The quantitative estimate of drug-likeness (QED) is 0.195. The molecule has 2 N–H and O–H groups in total. The molecule has 0 bridgehead atoms. The Morgan fingerprint density at radius 3 is 2.41 bits per heavy atom. The maximum atomic E-state index is 12.4. The molecule has 6 nitrogen and oxygen atoms in total. The lowest BCUT2D eigenvalue weighted by Gasteiger charge is -2.12. The first-order valence-corrected chi connectivity index (χ1v) is 13.2. The number of hydrogen-bond acceptors (Lipinski definition) is 4. The van der Waals surface area contributed by atoms with E-state index in [4.69, 9.17) is 39.8 Å². The number of hydrogen-bond donors (Lipinski definition) is 2. The molecule has 10 heteroatoms. The summed E-state index contributed by atoms with van der Waals surface area (Å²) in [6.45, 7) is 0.538. The van der Waals surface area contributed by atoms with Crippen LogP contribution >= 0.6 is 50.7 Å². The highest BCUT2D eigenvalue weighted by atomic mass is 79.9. The van der Waals surface area contributed by atoms with Crippen molar-refractivity contribution >= 4 is 73.8 Å². The Labute approximate surface area is 236 Å². The van der Waals surface area contributed by atoms with Gasteiger partial charge in [0.1, 0.15) is 5.82 Å². The average Bonchev–Trinajstić information content (AvgIpc) is 3.26. The van der Waals surface area contributed by atoms with Gasteiger partial charge in [-0.3, -0.25) is 4.79 Å². The monoisotopic (exact) mass is 613 g/mol. The highest BCUT2D eigenvalue weighted by Gasteiger charge is 2.13. The molecule has 0 saturated carbocycles. The van der Waals surface area contributed by atoms with Crippen LogP contribution in [0.25, 0.3) is 16.9 Å². The van der Waals surface area contributed by atoms with Gasteiger partial charge in [-0.05, 0) is 57.4 Å². The van der Waals surface area contributed by atoms with Crippen molar-refractivity contribution in [1.82, 2.24) is 14.6 Å². The topological polar surface area (TPSA) is 71.3 Å². The number of halogens is 4. The lowest BCUT2D eigenvalue weighted by molar-refractivity contribution is -0.115. The molecule has 186 valence electrons. The van der Waals surface area contributed by atoms with Gasteiger partial charge in [-0.2, -0.15) is 9.61 Å². The van der Waals surface area contributed by atoms with Crippen LogP contribution in [0.2, 0.25) is 15.1 Å². The van der Waals surface area contributed by atoms with Gasteiger partial charge in [0.15, 0.2) is 5.65 Å². The van der Waals surface area contributed by atoms with Crippen LogP contribution in [-0.4, -0.2) is 20.5 Å². The molecule has 3 aromatic carbocycles. The second kappa shape index (κ2) is 11.1. The van der Waals surface area contributed by atoms with Crippen LogP contribution in [0.5, 0.6) is 0 Å². The smallest absolute Gasteiger partial charge is 0.228 e. The number of fused-ring (bicyclic) bond motifs is 1. The zero-order chi connectivity index (χ0) is 25.9. The van der Waals surface area contributed by atoms with E-state index in [1.807, 2.05) is 54.6 Å². The fourth-order valence-electron chi connectivity index (χ4n) is 3.81. The summed E-state index contributed by atoms with van der Waals surface area (Å²) >= 11 is 21.9. The minimum Gasteiger partial charge on any atom is -0.366 e. The van der Waals surface area contributed by atoms with E-state index in [2.05, 4.69) is 31.7 Å². The molecule has 1 amide bonds. The number of nitrogens with zero attached hydrogens (tertiary/aromatic N) is 3. The summed E-state index contributed by atoms with van der Waals surface area (Å²) in [4.78, 5) is 17.2. The lowest BCUT2D eigenvalue weighted by Crippen LogP contribution is -2.14. The van der Waals surface area contributed by atoms with Crippen molar-refractivity contribution in [1.29, 1.82) is 0 Å². The minimum atomic E-state index is -0.139. The Kier molecular flexibility index (Phi) is 7.67. The van der Waals surface area contributed by atoms with Crippen molar-refractivity contribution in [3.63, 3.8) is 0 Å². The maximum absolute atomic E-state index is 12.4. The lowest BCUT2D eigenvalue weighted by atomic mass is 10.1.